The first kappa shape index (κ1) is 21.4. The highest BCUT2D eigenvalue weighted by Crippen LogP contribution is 2.32. The van der Waals surface area contributed by atoms with Crippen LogP contribution in [0.1, 0.15) is 57.1 Å². The van der Waals surface area contributed by atoms with Gasteiger partial charge < -0.3 is 5.32 Å². The Balaban J connectivity index is 2.95. The lowest BCUT2D eigenvalue weighted by atomic mass is 9.92. The molecule has 1 aromatic rings. The molecule has 0 fully saturated rings. The molecule has 0 saturated heterocycles. The van der Waals surface area contributed by atoms with Gasteiger partial charge in [0.25, 0.3) is 0 Å². The van der Waals surface area contributed by atoms with Gasteiger partial charge in [-0.2, -0.15) is 4.31 Å². The van der Waals surface area contributed by atoms with Gasteiger partial charge in [-0.05, 0) is 23.0 Å². The standard InChI is InChI=1S/C19H30N2O3S/c1-7-12-21(25(6,23)24)13-11-18(22)20-19-16(14(2)3)9-8-10-17(19)15(4)5/h7-10,14-15H,1,11-13H2,2-6H3,(H,20,22). The fourth-order valence-electron chi connectivity index (χ4n) is 2.66. The average Bonchev–Trinajstić information content (AvgIpc) is 2.49. The highest BCUT2D eigenvalue weighted by Gasteiger charge is 2.19. The zero-order valence-corrected chi connectivity index (χ0v) is 16.7. The molecule has 0 spiro atoms. The van der Waals surface area contributed by atoms with Crippen LogP contribution in [0.25, 0.3) is 0 Å². The van der Waals surface area contributed by atoms with E-state index in [0.29, 0.717) is 0 Å². The maximum absolute atomic E-state index is 12.4. The summed E-state index contributed by atoms with van der Waals surface area (Å²) in [5, 5.41) is 3.00. The monoisotopic (exact) mass is 366 g/mol. The summed E-state index contributed by atoms with van der Waals surface area (Å²) in [7, 11) is -3.36. The van der Waals surface area contributed by atoms with Gasteiger partial charge in [-0.25, -0.2) is 8.42 Å². The second-order valence-electron chi connectivity index (χ2n) is 6.83. The van der Waals surface area contributed by atoms with Crippen molar-refractivity contribution >= 4 is 21.6 Å². The summed E-state index contributed by atoms with van der Waals surface area (Å²) in [6.45, 7) is 12.3. The lowest BCUT2D eigenvalue weighted by Crippen LogP contribution is -2.33. The van der Waals surface area contributed by atoms with E-state index in [2.05, 4.69) is 39.6 Å². The van der Waals surface area contributed by atoms with Crippen LogP contribution >= 0.6 is 0 Å². The number of amides is 1. The Morgan fingerprint density at radius 3 is 2.12 bits per heavy atom. The SMILES string of the molecule is C=CCN(CCC(=O)Nc1c(C(C)C)cccc1C(C)C)S(C)(=O)=O. The van der Waals surface area contributed by atoms with Crippen molar-refractivity contribution in [1.82, 2.24) is 4.31 Å². The van der Waals surface area contributed by atoms with Crippen molar-refractivity contribution in [2.45, 2.75) is 46.0 Å². The van der Waals surface area contributed by atoms with E-state index < -0.39 is 10.0 Å². The van der Waals surface area contributed by atoms with E-state index in [4.69, 9.17) is 0 Å². The Bertz CT molecular complexity index is 683. The van der Waals surface area contributed by atoms with Gasteiger partial charge in [0.05, 0.1) is 6.26 Å². The minimum Gasteiger partial charge on any atom is -0.326 e. The molecule has 1 amide bonds. The Morgan fingerprint density at radius 2 is 1.72 bits per heavy atom. The first-order valence-electron chi connectivity index (χ1n) is 8.56. The summed E-state index contributed by atoms with van der Waals surface area (Å²) in [5.74, 6) is 0.372. The number of nitrogens with zero attached hydrogens (tertiary/aromatic N) is 1. The van der Waals surface area contributed by atoms with Gasteiger partial charge in [-0.1, -0.05) is 52.0 Å². The summed E-state index contributed by atoms with van der Waals surface area (Å²) < 4.78 is 24.7. The molecule has 0 aliphatic rings. The van der Waals surface area contributed by atoms with Crippen molar-refractivity contribution in [2.24, 2.45) is 0 Å². The predicted molar refractivity (Wildman–Crippen MR) is 104 cm³/mol. The molecule has 0 aliphatic heterocycles. The van der Waals surface area contributed by atoms with Crippen molar-refractivity contribution < 1.29 is 13.2 Å². The third kappa shape index (κ3) is 6.29. The van der Waals surface area contributed by atoms with E-state index in [1.165, 1.54) is 10.4 Å². The third-order valence-electron chi connectivity index (χ3n) is 4.03. The lowest BCUT2D eigenvalue weighted by molar-refractivity contribution is -0.116. The van der Waals surface area contributed by atoms with Crippen LogP contribution in [0.4, 0.5) is 5.69 Å². The van der Waals surface area contributed by atoms with Crippen LogP contribution in [-0.2, 0) is 14.8 Å². The number of hydrogen-bond donors (Lipinski definition) is 1. The Morgan fingerprint density at radius 1 is 1.20 bits per heavy atom. The van der Waals surface area contributed by atoms with E-state index in [1.807, 2.05) is 18.2 Å². The zero-order chi connectivity index (χ0) is 19.2. The molecule has 0 radical (unpaired) electrons. The van der Waals surface area contributed by atoms with E-state index >= 15 is 0 Å². The third-order valence-corrected chi connectivity index (χ3v) is 5.30. The molecule has 1 aromatic carbocycles. The molecule has 5 nitrogen and oxygen atoms in total. The van der Waals surface area contributed by atoms with Gasteiger partial charge in [0, 0.05) is 25.2 Å². The molecule has 0 unspecified atom stereocenters. The van der Waals surface area contributed by atoms with Crippen molar-refractivity contribution in [1.29, 1.82) is 0 Å². The summed E-state index contributed by atoms with van der Waals surface area (Å²) in [6.07, 6.45) is 2.76. The van der Waals surface area contributed by atoms with E-state index in [1.54, 1.807) is 0 Å². The summed E-state index contributed by atoms with van der Waals surface area (Å²) in [4.78, 5) is 12.4. The molecular formula is C19H30N2O3S. The van der Waals surface area contributed by atoms with Crippen LogP contribution in [0.2, 0.25) is 0 Å². The Labute approximate surface area is 152 Å². The number of carbonyl (C=O) groups excluding carboxylic acids is 1. The van der Waals surface area contributed by atoms with Gasteiger partial charge in [-0.3, -0.25) is 4.79 Å². The molecular weight excluding hydrogens is 336 g/mol. The summed E-state index contributed by atoms with van der Waals surface area (Å²) in [6, 6.07) is 6.05. The van der Waals surface area contributed by atoms with Gasteiger partial charge in [0.2, 0.25) is 15.9 Å². The molecule has 0 bridgehead atoms. The normalized spacial score (nSPS) is 12.0. The van der Waals surface area contributed by atoms with Crippen LogP contribution in [0, 0.1) is 0 Å². The number of sulfonamides is 1. The van der Waals surface area contributed by atoms with Crippen LogP contribution in [0.15, 0.2) is 30.9 Å². The molecule has 0 aliphatic carbocycles. The fraction of sp³-hybridized carbons (Fsp3) is 0.526. The molecule has 0 aromatic heterocycles. The smallest absolute Gasteiger partial charge is 0.225 e. The maximum Gasteiger partial charge on any atom is 0.225 e. The predicted octanol–water partition coefficient (Wildman–Crippen LogP) is 3.71. The second kappa shape index (κ2) is 9.15. The minimum absolute atomic E-state index is 0.102. The molecule has 6 heteroatoms. The highest BCUT2D eigenvalue weighted by atomic mass is 32.2. The minimum atomic E-state index is -3.36. The van der Waals surface area contributed by atoms with Crippen LogP contribution in [0.3, 0.4) is 0 Å². The number of rotatable bonds is 9. The molecule has 25 heavy (non-hydrogen) atoms. The van der Waals surface area contributed by atoms with Crippen molar-refractivity contribution in [3.05, 3.63) is 42.0 Å². The molecule has 140 valence electrons. The number of carbonyl (C=O) groups is 1. The van der Waals surface area contributed by atoms with Crippen molar-refractivity contribution in [2.75, 3.05) is 24.7 Å². The maximum atomic E-state index is 12.4. The van der Waals surface area contributed by atoms with Gasteiger partial charge in [0.1, 0.15) is 0 Å². The first-order chi connectivity index (χ1) is 11.6. The average molecular weight is 367 g/mol. The van der Waals surface area contributed by atoms with Crippen LogP contribution in [-0.4, -0.2) is 38.0 Å². The molecule has 0 atom stereocenters. The summed E-state index contributed by atoms with van der Waals surface area (Å²) in [5.41, 5.74) is 3.03. The Kier molecular flexibility index (Phi) is 7.83. The molecule has 0 heterocycles. The zero-order valence-electron chi connectivity index (χ0n) is 15.9. The molecule has 1 N–H and O–H groups in total. The number of para-hydroxylation sites is 1. The first-order valence-corrected chi connectivity index (χ1v) is 10.4. The quantitative estimate of drug-likeness (QED) is 0.678. The topological polar surface area (TPSA) is 66.5 Å². The molecule has 0 saturated carbocycles. The second-order valence-corrected chi connectivity index (χ2v) is 8.81. The summed E-state index contributed by atoms with van der Waals surface area (Å²) >= 11 is 0. The van der Waals surface area contributed by atoms with Gasteiger partial charge in [-0.15, -0.1) is 6.58 Å². The van der Waals surface area contributed by atoms with Gasteiger partial charge in [0.15, 0.2) is 0 Å². The van der Waals surface area contributed by atoms with Crippen LogP contribution < -0.4 is 5.32 Å². The van der Waals surface area contributed by atoms with Gasteiger partial charge >= 0.3 is 0 Å². The van der Waals surface area contributed by atoms with E-state index in [-0.39, 0.29) is 37.3 Å². The van der Waals surface area contributed by atoms with E-state index in [9.17, 15) is 13.2 Å². The van der Waals surface area contributed by atoms with Crippen molar-refractivity contribution in [3.8, 4) is 0 Å². The number of hydrogen-bond acceptors (Lipinski definition) is 3. The largest absolute Gasteiger partial charge is 0.326 e. The fourth-order valence-corrected chi connectivity index (χ4v) is 3.46. The van der Waals surface area contributed by atoms with Crippen LogP contribution in [0.5, 0.6) is 0 Å². The molecule has 1 rings (SSSR count). The van der Waals surface area contributed by atoms with E-state index in [0.717, 1.165) is 23.1 Å². The number of anilines is 1. The number of nitrogens with one attached hydrogen (secondary N) is 1. The number of benzene rings is 1. The highest BCUT2D eigenvalue weighted by molar-refractivity contribution is 7.88. The Hall–Kier alpha value is -1.66. The lowest BCUT2D eigenvalue weighted by Gasteiger charge is -2.21. The van der Waals surface area contributed by atoms with Crippen molar-refractivity contribution in [3.63, 3.8) is 0 Å².